The number of amides is 8. The number of urea groups is 1. The molecule has 1 aromatic rings. The van der Waals surface area contributed by atoms with Crippen LogP contribution in [0.4, 0.5) is 15.3 Å². The van der Waals surface area contributed by atoms with Crippen LogP contribution in [0.2, 0.25) is 0 Å². The lowest BCUT2D eigenvalue weighted by Crippen LogP contribution is -2.56. The third-order valence-corrected chi connectivity index (χ3v) is 8.98. The van der Waals surface area contributed by atoms with Gasteiger partial charge in [0.15, 0.2) is 5.11 Å². The standard InChI is InChI=1S/C36H53N9O10S/c1-22(2)30(42-35(56)39-17-6-7-19-45-28(47)14-15-29(45)48)32(50)41-26(9-8-18-38-34(37)53)31(49)40-25-12-10-24(11-13-25)21-55-36(54)43(4)20-16-27(46)44(5)23(3)33(51)52/h10-15,22-23,26,30H,6-9,16-21H2,1-5H3,(H,40,49)(H,41,50)(H,51,52)(H3,37,38,53)(H2,39,42,56)/t23-,26-,30-/m0/s1. The van der Waals surface area contributed by atoms with E-state index in [1.165, 1.54) is 38.1 Å². The third-order valence-electron chi connectivity index (χ3n) is 8.72. The first-order chi connectivity index (χ1) is 26.4. The number of nitrogens with two attached hydrogens (primary N) is 1. The fourth-order valence-electron chi connectivity index (χ4n) is 5.11. The molecule has 1 aromatic carbocycles. The largest absolute Gasteiger partial charge is 0.480 e. The number of benzene rings is 1. The van der Waals surface area contributed by atoms with Gasteiger partial charge in [-0.3, -0.25) is 28.9 Å². The summed E-state index contributed by atoms with van der Waals surface area (Å²) in [7, 11) is 2.83. The second-order valence-corrected chi connectivity index (χ2v) is 13.8. The molecule has 0 radical (unpaired) electrons. The van der Waals surface area contributed by atoms with Gasteiger partial charge in [-0.15, -0.1) is 0 Å². The molecule has 2 rings (SSSR count). The van der Waals surface area contributed by atoms with Crippen LogP contribution in [0.3, 0.4) is 0 Å². The Morgan fingerprint density at radius 2 is 1.52 bits per heavy atom. The van der Waals surface area contributed by atoms with Gasteiger partial charge in [0.1, 0.15) is 24.7 Å². The topological polar surface area (TPSA) is 262 Å². The number of ether oxygens (including phenoxy) is 1. The number of primary amides is 1. The van der Waals surface area contributed by atoms with Crippen molar-refractivity contribution < 1.29 is 48.2 Å². The van der Waals surface area contributed by atoms with Gasteiger partial charge in [-0.1, -0.05) is 26.0 Å². The molecule has 8 amide bonds. The van der Waals surface area contributed by atoms with Crippen LogP contribution in [0.1, 0.15) is 58.4 Å². The van der Waals surface area contributed by atoms with Gasteiger partial charge in [-0.05, 0) is 68.4 Å². The number of anilines is 1. The Kier molecular flexibility index (Phi) is 19.2. The molecule has 308 valence electrons. The zero-order valence-corrected chi connectivity index (χ0v) is 33.1. The van der Waals surface area contributed by atoms with E-state index in [0.29, 0.717) is 37.1 Å². The number of hydrogen-bond donors (Lipinski definition) is 7. The molecule has 1 aliphatic heterocycles. The summed E-state index contributed by atoms with van der Waals surface area (Å²) in [5.74, 6) is -3.52. The number of carbonyl (C=O) groups is 8. The zero-order chi connectivity index (χ0) is 41.9. The van der Waals surface area contributed by atoms with E-state index < -0.39 is 53.9 Å². The summed E-state index contributed by atoms with van der Waals surface area (Å²) in [6.07, 6.45) is 3.31. The maximum atomic E-state index is 13.5. The third kappa shape index (κ3) is 15.9. The molecule has 0 aliphatic carbocycles. The number of thiocarbonyl (C=S) groups is 1. The Labute approximate surface area is 331 Å². The molecule has 3 atom stereocenters. The van der Waals surface area contributed by atoms with Gasteiger partial charge < -0.3 is 52.0 Å². The molecule has 8 N–H and O–H groups in total. The number of hydrogen-bond acceptors (Lipinski definition) is 10. The van der Waals surface area contributed by atoms with Gasteiger partial charge in [0.05, 0.1) is 0 Å². The Bertz CT molecular complexity index is 1600. The highest BCUT2D eigenvalue weighted by atomic mass is 32.1. The quantitative estimate of drug-likeness (QED) is 0.0483. The van der Waals surface area contributed by atoms with E-state index in [0.717, 1.165) is 9.80 Å². The molecule has 0 spiro atoms. The van der Waals surface area contributed by atoms with Gasteiger partial charge in [0.25, 0.3) is 11.8 Å². The van der Waals surface area contributed by atoms with Gasteiger partial charge >= 0.3 is 18.1 Å². The first-order valence-corrected chi connectivity index (χ1v) is 18.5. The van der Waals surface area contributed by atoms with Crippen LogP contribution in [0.15, 0.2) is 36.4 Å². The first-order valence-electron chi connectivity index (χ1n) is 18.1. The lowest BCUT2D eigenvalue weighted by Gasteiger charge is -2.26. The average Bonchev–Trinajstić information content (AvgIpc) is 3.47. The molecule has 0 aromatic heterocycles. The number of imide groups is 1. The first kappa shape index (κ1) is 46.4. The van der Waals surface area contributed by atoms with Crippen molar-refractivity contribution in [1.29, 1.82) is 0 Å². The summed E-state index contributed by atoms with van der Waals surface area (Å²) in [6, 6.07) is 2.90. The number of carboxylic acids is 1. The highest BCUT2D eigenvalue weighted by molar-refractivity contribution is 7.80. The normalized spacial score (nSPS) is 13.6. The summed E-state index contributed by atoms with van der Waals surface area (Å²) < 4.78 is 5.32. The Morgan fingerprint density at radius 1 is 0.893 bits per heavy atom. The van der Waals surface area contributed by atoms with E-state index in [2.05, 4.69) is 26.6 Å². The Morgan fingerprint density at radius 3 is 2.11 bits per heavy atom. The fraction of sp³-hybridized carbons (Fsp3) is 0.528. The molecule has 19 nitrogen and oxygen atoms in total. The lowest BCUT2D eigenvalue weighted by molar-refractivity contribution is -0.148. The van der Waals surface area contributed by atoms with Crippen LogP contribution in [-0.2, 0) is 40.1 Å². The van der Waals surface area contributed by atoms with Crippen LogP contribution in [0, 0.1) is 5.92 Å². The van der Waals surface area contributed by atoms with Crippen LogP contribution >= 0.6 is 12.2 Å². The van der Waals surface area contributed by atoms with Gasteiger partial charge in [0.2, 0.25) is 17.7 Å². The highest BCUT2D eigenvalue weighted by Gasteiger charge is 2.29. The predicted octanol–water partition coefficient (Wildman–Crippen LogP) is 0.642. The summed E-state index contributed by atoms with van der Waals surface area (Å²) in [5, 5.41) is 23.3. The molecule has 20 heteroatoms. The van der Waals surface area contributed by atoms with E-state index in [4.69, 9.17) is 27.8 Å². The molecular weight excluding hydrogens is 751 g/mol. The van der Waals surface area contributed by atoms with E-state index >= 15 is 0 Å². The number of aliphatic carboxylic acids is 1. The number of nitrogens with zero attached hydrogens (tertiary/aromatic N) is 3. The number of nitrogens with one attached hydrogen (secondary N) is 5. The van der Waals surface area contributed by atoms with Gasteiger partial charge in [-0.2, -0.15) is 0 Å². The van der Waals surface area contributed by atoms with Crippen molar-refractivity contribution in [2.45, 2.75) is 77.6 Å². The van der Waals surface area contributed by atoms with Crippen LogP contribution in [0.5, 0.6) is 0 Å². The van der Waals surface area contributed by atoms with Crippen molar-refractivity contribution >= 4 is 70.6 Å². The van der Waals surface area contributed by atoms with Crippen molar-refractivity contribution in [2.24, 2.45) is 11.7 Å². The average molecular weight is 804 g/mol. The van der Waals surface area contributed by atoms with E-state index in [-0.39, 0.29) is 61.9 Å². The molecule has 0 saturated heterocycles. The van der Waals surface area contributed by atoms with Crippen molar-refractivity contribution in [3.05, 3.63) is 42.0 Å². The predicted molar refractivity (Wildman–Crippen MR) is 209 cm³/mol. The molecule has 0 bridgehead atoms. The molecular formula is C36H53N9O10S. The number of carboxylic acid groups (broad SMARTS) is 1. The van der Waals surface area contributed by atoms with Crippen molar-refractivity contribution in [1.82, 2.24) is 36.0 Å². The molecule has 0 unspecified atom stereocenters. The smallest absolute Gasteiger partial charge is 0.409 e. The van der Waals surface area contributed by atoms with Crippen molar-refractivity contribution in [2.75, 3.05) is 45.6 Å². The van der Waals surface area contributed by atoms with E-state index in [1.54, 1.807) is 24.3 Å². The second kappa shape index (κ2) is 23.2. The fourth-order valence-corrected chi connectivity index (χ4v) is 5.33. The second-order valence-electron chi connectivity index (χ2n) is 13.4. The summed E-state index contributed by atoms with van der Waals surface area (Å²) in [6.45, 7) is 5.79. The molecule has 56 heavy (non-hydrogen) atoms. The lowest BCUT2D eigenvalue weighted by atomic mass is 10.0. The summed E-state index contributed by atoms with van der Waals surface area (Å²) >= 11 is 5.40. The number of rotatable bonds is 22. The number of likely N-dealkylation sites (N-methyl/N-ethyl adjacent to an activating group) is 1. The molecule has 0 saturated carbocycles. The minimum atomic E-state index is -1.14. The number of unbranched alkanes of at least 4 members (excludes halogenated alkanes) is 1. The SMILES string of the molecule is CC(C)[C@H](NC(=S)NCCCCN1C(=O)C=CC1=O)C(=O)N[C@@H](CCCNC(N)=O)C(=O)Nc1ccc(COC(=O)N(C)CCC(=O)N(C)[C@@H](C)C(=O)O)cc1. The summed E-state index contributed by atoms with van der Waals surface area (Å²) in [5.41, 5.74) is 6.16. The monoisotopic (exact) mass is 803 g/mol. The minimum absolute atomic E-state index is 0.0142. The highest BCUT2D eigenvalue weighted by Crippen LogP contribution is 2.14. The minimum Gasteiger partial charge on any atom is -0.480 e. The molecule has 1 aliphatic rings. The van der Waals surface area contributed by atoms with E-state index in [1.807, 2.05) is 13.8 Å². The number of carbonyl (C=O) groups excluding carboxylic acids is 7. The van der Waals surface area contributed by atoms with Crippen LogP contribution < -0.4 is 32.3 Å². The van der Waals surface area contributed by atoms with Gasteiger partial charge in [0, 0.05) is 64.5 Å². The van der Waals surface area contributed by atoms with Crippen LogP contribution in [-0.4, -0.2) is 131 Å². The Hall–Kier alpha value is -5.79. The zero-order valence-electron chi connectivity index (χ0n) is 32.3. The summed E-state index contributed by atoms with van der Waals surface area (Å²) in [4.78, 5) is 101. The molecule has 1 heterocycles. The van der Waals surface area contributed by atoms with Crippen molar-refractivity contribution in [3.8, 4) is 0 Å². The van der Waals surface area contributed by atoms with E-state index in [9.17, 15) is 38.4 Å². The maximum absolute atomic E-state index is 13.5. The van der Waals surface area contributed by atoms with Gasteiger partial charge in [-0.25, -0.2) is 14.4 Å². The van der Waals surface area contributed by atoms with Crippen molar-refractivity contribution in [3.63, 3.8) is 0 Å². The van der Waals surface area contributed by atoms with Crippen LogP contribution in [0.25, 0.3) is 0 Å². The maximum Gasteiger partial charge on any atom is 0.409 e. The molecule has 0 fully saturated rings. The Balaban J connectivity index is 1.93.